The number of imide groups is 1. The fourth-order valence-corrected chi connectivity index (χ4v) is 7.28. The second-order valence-corrected chi connectivity index (χ2v) is 14.8. The maximum atomic E-state index is 12.9. The van der Waals surface area contributed by atoms with Crippen LogP contribution in [0, 0.1) is 0 Å². The number of imidazole rings is 1. The number of nitrogens with zero attached hydrogens (tertiary/aromatic N) is 6. The number of piperidine rings is 1. The predicted octanol–water partition coefficient (Wildman–Crippen LogP) is 4.93. The van der Waals surface area contributed by atoms with Gasteiger partial charge >= 0.3 is 5.69 Å². The molecular formula is C36H43ClN10O4. The number of halogens is 1. The van der Waals surface area contributed by atoms with Crippen molar-refractivity contribution in [3.8, 4) is 0 Å². The molecule has 4 heterocycles. The van der Waals surface area contributed by atoms with Crippen molar-refractivity contribution in [1.29, 1.82) is 0 Å². The number of carbonyl (C=O) groups is 2. The molecule has 51 heavy (non-hydrogen) atoms. The van der Waals surface area contributed by atoms with Crippen LogP contribution >= 0.6 is 11.6 Å². The van der Waals surface area contributed by atoms with Crippen molar-refractivity contribution in [3.05, 3.63) is 63.8 Å². The fourth-order valence-electron chi connectivity index (χ4n) is 7.14. The maximum absolute atomic E-state index is 12.9. The molecular weight excluding hydrogens is 672 g/mol. The SMILES string of the molecule is Cn1nc(C2CCC(=O)NC2=O)c2ccc(NC3CCC(Nc4ncc(Cl)c(Nc5ccc6c(c5)n(CCC(C)(C)O)c(=O)n6C)n4)CC3)cc21. The van der Waals surface area contributed by atoms with Gasteiger partial charge in [-0.1, -0.05) is 11.6 Å². The van der Waals surface area contributed by atoms with E-state index in [1.807, 2.05) is 37.4 Å². The molecule has 1 saturated heterocycles. The smallest absolute Gasteiger partial charge is 0.328 e. The summed E-state index contributed by atoms with van der Waals surface area (Å²) in [5.74, 6) is -0.0128. The van der Waals surface area contributed by atoms with Gasteiger partial charge in [0.1, 0.15) is 5.02 Å². The highest BCUT2D eigenvalue weighted by molar-refractivity contribution is 6.32. The maximum Gasteiger partial charge on any atom is 0.328 e. The third-order valence-electron chi connectivity index (χ3n) is 9.98. The number of hydrogen-bond acceptors (Lipinski definition) is 10. The summed E-state index contributed by atoms with van der Waals surface area (Å²) in [5, 5.41) is 29.1. The standard InChI is InChI=1S/C36H43ClN10O4/c1-36(2,51)15-16-47-29-18-23(10-13-27(29)45(3)35(47)50)40-32-26(37)19-38-34(43-32)41-21-7-5-20(6-8-21)39-22-9-11-24-28(17-22)46(4)44-31(24)25-12-14-30(48)42-33(25)49/h9-11,13,17-21,25,39,51H,5-8,12,14-16H2,1-4H3,(H,42,48,49)(H2,38,40,41,43). The molecule has 7 rings (SSSR count). The van der Waals surface area contributed by atoms with Crippen LogP contribution in [0.1, 0.15) is 70.4 Å². The number of hydrogen-bond donors (Lipinski definition) is 5. The van der Waals surface area contributed by atoms with Crippen LogP contribution in [-0.2, 0) is 30.2 Å². The Kier molecular flexibility index (Phi) is 9.23. The zero-order valence-corrected chi connectivity index (χ0v) is 29.9. The summed E-state index contributed by atoms with van der Waals surface area (Å²) < 4.78 is 5.08. The van der Waals surface area contributed by atoms with Crippen molar-refractivity contribution >= 4 is 68.5 Å². The van der Waals surface area contributed by atoms with Crippen LogP contribution in [0.2, 0.25) is 5.02 Å². The van der Waals surface area contributed by atoms with Gasteiger partial charge in [-0.05, 0) is 88.8 Å². The first-order valence-electron chi connectivity index (χ1n) is 17.4. The van der Waals surface area contributed by atoms with E-state index in [1.54, 1.807) is 40.9 Å². The molecule has 2 aliphatic rings. The van der Waals surface area contributed by atoms with Crippen molar-refractivity contribution in [3.63, 3.8) is 0 Å². The van der Waals surface area contributed by atoms with Crippen LogP contribution in [0.5, 0.6) is 0 Å². The Balaban J connectivity index is 0.977. The second kappa shape index (κ2) is 13.6. The number of aliphatic hydroxyl groups is 1. The number of aryl methyl sites for hydroxylation is 3. The first kappa shape index (κ1) is 34.5. The van der Waals surface area contributed by atoms with Gasteiger partial charge in [-0.2, -0.15) is 10.1 Å². The minimum atomic E-state index is -0.896. The van der Waals surface area contributed by atoms with Crippen LogP contribution in [0.25, 0.3) is 21.9 Å². The number of amides is 2. The zero-order chi connectivity index (χ0) is 36.0. The molecule has 5 aromatic rings. The van der Waals surface area contributed by atoms with Crippen LogP contribution in [-0.4, -0.2) is 63.5 Å². The molecule has 1 aliphatic carbocycles. The van der Waals surface area contributed by atoms with Gasteiger partial charge in [-0.25, -0.2) is 9.78 Å². The van der Waals surface area contributed by atoms with Crippen LogP contribution in [0.15, 0.2) is 47.4 Å². The van der Waals surface area contributed by atoms with E-state index in [2.05, 4.69) is 42.4 Å². The van der Waals surface area contributed by atoms with E-state index in [9.17, 15) is 19.5 Å². The lowest BCUT2D eigenvalue weighted by Gasteiger charge is -2.30. The summed E-state index contributed by atoms with van der Waals surface area (Å²) in [6.07, 6.45) is 6.54. The molecule has 268 valence electrons. The van der Waals surface area contributed by atoms with Crippen LogP contribution in [0.4, 0.5) is 23.1 Å². The lowest BCUT2D eigenvalue weighted by molar-refractivity contribution is -0.134. The summed E-state index contributed by atoms with van der Waals surface area (Å²) in [7, 11) is 3.62. The minimum absolute atomic E-state index is 0.141. The first-order valence-corrected chi connectivity index (χ1v) is 17.8. The highest BCUT2D eigenvalue weighted by atomic mass is 35.5. The summed E-state index contributed by atoms with van der Waals surface area (Å²) in [6, 6.07) is 12.3. The van der Waals surface area contributed by atoms with Gasteiger partial charge < -0.3 is 21.1 Å². The largest absolute Gasteiger partial charge is 0.390 e. The highest BCUT2D eigenvalue weighted by Crippen LogP contribution is 2.33. The Morgan fingerprint density at radius 3 is 2.37 bits per heavy atom. The molecule has 1 aliphatic heterocycles. The van der Waals surface area contributed by atoms with Crippen molar-refractivity contribution < 1.29 is 14.7 Å². The van der Waals surface area contributed by atoms with E-state index in [0.717, 1.165) is 59.0 Å². The third-order valence-corrected chi connectivity index (χ3v) is 10.3. The van der Waals surface area contributed by atoms with Gasteiger partial charge in [-0.15, -0.1) is 0 Å². The Labute approximate surface area is 299 Å². The van der Waals surface area contributed by atoms with Gasteiger partial charge in [0.25, 0.3) is 0 Å². The number of fused-ring (bicyclic) bond motifs is 2. The molecule has 15 heteroatoms. The van der Waals surface area contributed by atoms with Crippen LogP contribution in [0.3, 0.4) is 0 Å². The zero-order valence-electron chi connectivity index (χ0n) is 29.2. The molecule has 0 spiro atoms. The predicted molar refractivity (Wildman–Crippen MR) is 198 cm³/mol. The number of rotatable bonds is 10. The van der Waals surface area contributed by atoms with E-state index in [0.29, 0.717) is 54.3 Å². The molecule has 14 nitrogen and oxygen atoms in total. The van der Waals surface area contributed by atoms with E-state index < -0.39 is 11.5 Å². The quantitative estimate of drug-likeness (QED) is 0.125. The topological polar surface area (TPSA) is 173 Å². The number of anilines is 4. The molecule has 0 radical (unpaired) electrons. The third kappa shape index (κ3) is 7.29. The van der Waals surface area contributed by atoms with Crippen molar-refractivity contribution in [2.45, 2.75) is 88.9 Å². The Hall–Kier alpha value is -4.95. The lowest BCUT2D eigenvalue weighted by Crippen LogP contribution is -2.39. The highest BCUT2D eigenvalue weighted by Gasteiger charge is 2.32. The number of benzene rings is 2. The molecule has 1 unspecified atom stereocenters. The van der Waals surface area contributed by atoms with Gasteiger partial charge in [-0.3, -0.25) is 28.7 Å². The van der Waals surface area contributed by atoms with Gasteiger partial charge in [0.05, 0.1) is 40.0 Å². The Bertz CT molecular complexity index is 2190. The van der Waals surface area contributed by atoms with E-state index in [1.165, 1.54) is 0 Å². The minimum Gasteiger partial charge on any atom is -0.390 e. The number of nitrogens with one attached hydrogen (secondary N) is 4. The molecule has 3 aromatic heterocycles. The van der Waals surface area contributed by atoms with E-state index in [4.69, 9.17) is 11.6 Å². The molecule has 1 atom stereocenters. The molecule has 2 amide bonds. The number of carbonyl (C=O) groups excluding carboxylic acids is 2. The van der Waals surface area contributed by atoms with Gasteiger partial charge in [0, 0.05) is 55.9 Å². The Morgan fingerprint density at radius 2 is 1.65 bits per heavy atom. The first-order chi connectivity index (χ1) is 24.3. The average molecular weight is 715 g/mol. The molecule has 5 N–H and O–H groups in total. The van der Waals surface area contributed by atoms with E-state index in [-0.39, 0.29) is 23.5 Å². The van der Waals surface area contributed by atoms with Gasteiger partial charge in [0.2, 0.25) is 17.8 Å². The summed E-state index contributed by atoms with van der Waals surface area (Å²) in [6.45, 7) is 3.85. The fraction of sp³-hybridized carbons (Fsp3) is 0.444. The molecule has 2 fully saturated rings. The van der Waals surface area contributed by atoms with Crippen LogP contribution < -0.4 is 27.0 Å². The average Bonchev–Trinajstić information content (AvgIpc) is 3.53. The van der Waals surface area contributed by atoms with E-state index >= 15 is 0 Å². The molecule has 2 aromatic carbocycles. The lowest BCUT2D eigenvalue weighted by atomic mass is 9.91. The Morgan fingerprint density at radius 1 is 0.941 bits per heavy atom. The normalized spacial score (nSPS) is 19.8. The summed E-state index contributed by atoms with van der Waals surface area (Å²) in [5.41, 5.74) is 3.87. The van der Waals surface area contributed by atoms with Gasteiger partial charge in [0.15, 0.2) is 5.82 Å². The summed E-state index contributed by atoms with van der Waals surface area (Å²) >= 11 is 6.52. The number of aromatic nitrogens is 6. The van der Waals surface area contributed by atoms with Crippen molar-refractivity contribution in [2.24, 2.45) is 14.1 Å². The molecule has 1 saturated carbocycles. The molecule has 0 bridgehead atoms. The monoisotopic (exact) mass is 714 g/mol. The summed E-state index contributed by atoms with van der Waals surface area (Å²) in [4.78, 5) is 46.2. The second-order valence-electron chi connectivity index (χ2n) is 14.4. The van der Waals surface area contributed by atoms with Crippen molar-refractivity contribution in [1.82, 2.24) is 34.2 Å². The van der Waals surface area contributed by atoms with Crippen molar-refractivity contribution in [2.75, 3.05) is 16.0 Å².